The summed E-state index contributed by atoms with van der Waals surface area (Å²) in [5.41, 5.74) is 0.864. The Morgan fingerprint density at radius 3 is 2.60 bits per heavy atom. The molecule has 25 heavy (non-hydrogen) atoms. The lowest BCUT2D eigenvalue weighted by atomic mass is 10.1. The summed E-state index contributed by atoms with van der Waals surface area (Å²) in [5, 5.41) is 0.103. The minimum absolute atomic E-state index is 0.000713. The van der Waals surface area contributed by atoms with Gasteiger partial charge in [-0.3, -0.25) is 4.79 Å². The van der Waals surface area contributed by atoms with E-state index in [9.17, 15) is 9.18 Å². The van der Waals surface area contributed by atoms with Gasteiger partial charge in [0.2, 0.25) is 5.91 Å². The molecule has 3 rings (SSSR count). The molecule has 2 nitrogen and oxygen atoms in total. The molecule has 0 spiro atoms. The Hall–Kier alpha value is -0.0600. The summed E-state index contributed by atoms with van der Waals surface area (Å²) in [5.74, 6) is -0.241. The zero-order valence-corrected chi connectivity index (χ0v) is 19.2. The van der Waals surface area contributed by atoms with Crippen LogP contribution < -0.4 is 0 Å². The van der Waals surface area contributed by atoms with Gasteiger partial charge in [0.15, 0.2) is 0 Å². The van der Waals surface area contributed by atoms with Crippen molar-refractivity contribution in [2.24, 2.45) is 0 Å². The summed E-state index contributed by atoms with van der Waals surface area (Å²) in [6.45, 7) is 1.22. The third kappa shape index (κ3) is 4.44. The summed E-state index contributed by atoms with van der Waals surface area (Å²) >= 11 is 10.8. The summed E-state index contributed by atoms with van der Waals surface area (Å²) in [6.07, 6.45) is 1.90. The fourth-order valence-electron chi connectivity index (χ4n) is 2.96. The van der Waals surface area contributed by atoms with Gasteiger partial charge in [0.05, 0.1) is 10.3 Å². The molecule has 0 N–H and O–H groups in total. The van der Waals surface area contributed by atoms with Crippen LogP contribution >= 0.6 is 58.4 Å². The Morgan fingerprint density at radius 1 is 1.20 bits per heavy atom. The summed E-state index contributed by atoms with van der Waals surface area (Å²) < 4.78 is 12.1. The standard InChI is InChI=1S/C18H17ClFI2NOS/c19-15-11-13(8-9-16(15)20)12-23-10-4-7-17(18(23)24)25(21,22)14-5-2-1-3-6-14/h1-3,5-6,8-9,11,17H,4,7,10,12H2. The summed E-state index contributed by atoms with van der Waals surface area (Å²) in [7, 11) is 0. The fraction of sp³-hybridized carbons (Fsp3) is 0.278. The van der Waals surface area contributed by atoms with Crippen molar-refractivity contribution in [3.05, 3.63) is 64.9 Å². The van der Waals surface area contributed by atoms with Crippen molar-refractivity contribution in [1.29, 1.82) is 0 Å². The van der Waals surface area contributed by atoms with Gasteiger partial charge in [-0.1, -0.05) is 40.2 Å². The highest BCUT2D eigenvalue weighted by molar-refractivity contribution is 14.3. The van der Waals surface area contributed by atoms with Crippen molar-refractivity contribution in [1.82, 2.24) is 4.90 Å². The zero-order chi connectivity index (χ0) is 18.0. The van der Waals surface area contributed by atoms with Crippen molar-refractivity contribution >= 4 is 64.3 Å². The molecule has 0 aliphatic carbocycles. The topological polar surface area (TPSA) is 20.3 Å². The van der Waals surface area contributed by atoms with Crippen molar-refractivity contribution in [2.75, 3.05) is 6.54 Å². The van der Waals surface area contributed by atoms with Gasteiger partial charge < -0.3 is 4.90 Å². The first-order valence-corrected chi connectivity index (χ1v) is 15.0. The minimum Gasteiger partial charge on any atom is -0.337 e. The van der Waals surface area contributed by atoms with E-state index in [2.05, 4.69) is 54.5 Å². The molecule has 0 radical (unpaired) electrons. The third-order valence-electron chi connectivity index (χ3n) is 4.25. The number of amides is 1. The Balaban J connectivity index is 1.80. The van der Waals surface area contributed by atoms with Crippen LogP contribution in [0.25, 0.3) is 0 Å². The Morgan fingerprint density at radius 2 is 1.92 bits per heavy atom. The van der Waals surface area contributed by atoms with E-state index in [-0.39, 0.29) is 16.2 Å². The molecule has 1 aliphatic heterocycles. The van der Waals surface area contributed by atoms with E-state index in [1.54, 1.807) is 12.1 Å². The lowest BCUT2D eigenvalue weighted by molar-refractivity contribution is -0.133. The van der Waals surface area contributed by atoms with E-state index in [1.165, 1.54) is 11.0 Å². The third-order valence-corrected chi connectivity index (χ3v) is 13.3. The molecular formula is C18H17ClFI2NOS. The largest absolute Gasteiger partial charge is 0.337 e. The predicted molar refractivity (Wildman–Crippen MR) is 120 cm³/mol. The molecule has 0 aromatic heterocycles. The maximum Gasteiger partial charge on any atom is 0.236 e. The van der Waals surface area contributed by atoms with Crippen LogP contribution in [0, 0.1) is 5.82 Å². The second-order valence-corrected chi connectivity index (χ2v) is 21.8. The number of hydrogen-bond acceptors (Lipinski definition) is 1. The van der Waals surface area contributed by atoms with Crippen LogP contribution in [-0.2, 0) is 11.3 Å². The van der Waals surface area contributed by atoms with E-state index >= 15 is 0 Å². The average molecular weight is 604 g/mol. The van der Waals surface area contributed by atoms with Crippen LogP contribution in [0.2, 0.25) is 5.02 Å². The molecule has 1 heterocycles. The highest BCUT2D eigenvalue weighted by Crippen LogP contribution is 2.74. The number of carbonyl (C=O) groups excluding carboxylic acids is 1. The highest BCUT2D eigenvalue weighted by Gasteiger charge is 2.40. The smallest absolute Gasteiger partial charge is 0.236 e. The first kappa shape index (κ1) is 19.7. The van der Waals surface area contributed by atoms with Crippen molar-refractivity contribution in [3.8, 4) is 0 Å². The van der Waals surface area contributed by atoms with E-state index in [4.69, 9.17) is 11.6 Å². The van der Waals surface area contributed by atoms with Crippen molar-refractivity contribution < 1.29 is 9.18 Å². The lowest BCUT2D eigenvalue weighted by Gasteiger charge is -2.41. The summed E-state index contributed by atoms with van der Waals surface area (Å²) in [6, 6.07) is 14.9. The van der Waals surface area contributed by atoms with Gasteiger partial charge in [0, 0.05) is 18.0 Å². The maximum absolute atomic E-state index is 13.3. The van der Waals surface area contributed by atoms with E-state index in [0.717, 1.165) is 24.9 Å². The van der Waals surface area contributed by atoms with Crippen LogP contribution in [-0.4, -0.2) is 22.6 Å². The molecule has 0 bridgehead atoms. The van der Waals surface area contributed by atoms with Gasteiger partial charge in [0.25, 0.3) is 0 Å². The first-order valence-electron chi connectivity index (χ1n) is 7.89. The molecule has 134 valence electrons. The molecule has 2 aromatic rings. The zero-order valence-electron chi connectivity index (χ0n) is 13.3. The molecule has 1 saturated heterocycles. The lowest BCUT2D eigenvalue weighted by Crippen LogP contribution is -2.44. The summed E-state index contributed by atoms with van der Waals surface area (Å²) in [4.78, 5) is 16.3. The Kier molecular flexibility index (Phi) is 6.55. The van der Waals surface area contributed by atoms with Gasteiger partial charge in [-0.2, -0.15) is 0 Å². The fourth-order valence-corrected chi connectivity index (χ4v) is 9.47. The van der Waals surface area contributed by atoms with E-state index in [0.29, 0.717) is 6.54 Å². The minimum atomic E-state index is -1.29. The number of likely N-dealkylation sites (tertiary alicyclic amines) is 1. The second kappa shape index (κ2) is 8.31. The SMILES string of the molecule is O=C1C(S(I)(I)c2ccccc2)CCCN1Cc1ccc(F)c(Cl)c1. The van der Waals surface area contributed by atoms with E-state index in [1.807, 2.05) is 23.1 Å². The van der Waals surface area contributed by atoms with Crippen LogP contribution in [0.15, 0.2) is 53.4 Å². The molecule has 1 amide bonds. The molecule has 2 aromatic carbocycles. The number of halogens is 4. The normalized spacial score (nSPS) is 19.1. The van der Waals surface area contributed by atoms with Crippen molar-refractivity contribution in [3.63, 3.8) is 0 Å². The number of rotatable bonds is 4. The van der Waals surface area contributed by atoms with Crippen molar-refractivity contribution in [2.45, 2.75) is 29.5 Å². The quantitative estimate of drug-likeness (QED) is 0.364. The van der Waals surface area contributed by atoms with Gasteiger partial charge in [-0.25, -0.2) is 4.39 Å². The highest BCUT2D eigenvalue weighted by atomic mass is 127. The molecule has 1 aliphatic rings. The van der Waals surface area contributed by atoms with Crippen LogP contribution in [0.3, 0.4) is 0 Å². The number of hydrogen-bond donors (Lipinski definition) is 0. The molecule has 1 atom stereocenters. The van der Waals surface area contributed by atoms with Crippen LogP contribution in [0.5, 0.6) is 0 Å². The van der Waals surface area contributed by atoms with Crippen LogP contribution in [0.4, 0.5) is 4.39 Å². The Labute approximate surface area is 178 Å². The molecular weight excluding hydrogens is 587 g/mol. The number of benzene rings is 2. The predicted octanol–water partition coefficient (Wildman–Crippen LogP) is 6.53. The molecule has 1 unspecified atom stereocenters. The number of piperidine rings is 1. The van der Waals surface area contributed by atoms with Crippen LogP contribution in [0.1, 0.15) is 18.4 Å². The molecule has 1 fully saturated rings. The number of carbonyl (C=O) groups is 1. The second-order valence-electron chi connectivity index (χ2n) is 5.96. The van der Waals surface area contributed by atoms with Gasteiger partial charge in [0.1, 0.15) is 5.82 Å². The monoisotopic (exact) mass is 603 g/mol. The maximum atomic E-state index is 13.3. The Bertz CT molecular complexity index is 775. The van der Waals surface area contributed by atoms with E-state index < -0.39 is 10.2 Å². The van der Waals surface area contributed by atoms with Gasteiger partial charge in [-0.05, 0) is 85.1 Å². The molecule has 7 heteroatoms. The first-order chi connectivity index (χ1) is 11.9. The van der Waals surface area contributed by atoms with Gasteiger partial charge >= 0.3 is 0 Å². The number of nitrogens with zero attached hydrogens (tertiary/aromatic N) is 1. The molecule has 0 saturated carbocycles. The average Bonchev–Trinajstić information content (AvgIpc) is 2.60. The van der Waals surface area contributed by atoms with Gasteiger partial charge in [-0.15, -0.1) is 0 Å².